The van der Waals surface area contributed by atoms with Crippen molar-refractivity contribution in [3.63, 3.8) is 0 Å². The number of nitrogens with zero attached hydrogens (tertiary/aromatic N) is 3. The predicted molar refractivity (Wildman–Crippen MR) is 131 cm³/mol. The van der Waals surface area contributed by atoms with E-state index in [2.05, 4.69) is 5.10 Å². The molecule has 37 heavy (non-hydrogen) atoms. The van der Waals surface area contributed by atoms with E-state index in [-0.39, 0.29) is 17.2 Å². The Morgan fingerprint density at radius 1 is 1.00 bits per heavy atom. The van der Waals surface area contributed by atoms with Crippen LogP contribution in [0.2, 0.25) is 0 Å². The van der Waals surface area contributed by atoms with Crippen LogP contribution >= 0.6 is 0 Å². The van der Waals surface area contributed by atoms with Crippen molar-refractivity contribution < 1.29 is 32.3 Å². The third-order valence-corrected chi connectivity index (χ3v) is 5.59. The fraction of sp³-hybridized carbons (Fsp3) is 0.185. The number of anilines is 2. The number of esters is 1. The third-order valence-electron chi connectivity index (χ3n) is 5.59. The molecule has 7 nitrogen and oxygen atoms in total. The van der Waals surface area contributed by atoms with Crippen LogP contribution < -0.4 is 9.91 Å². The number of ether oxygens (including phenoxy) is 1. The number of alkyl halides is 3. The van der Waals surface area contributed by atoms with Crippen molar-refractivity contribution in [2.45, 2.75) is 19.0 Å². The summed E-state index contributed by atoms with van der Waals surface area (Å²) in [4.78, 5) is 39.0. The first-order chi connectivity index (χ1) is 17.7. The van der Waals surface area contributed by atoms with Gasteiger partial charge in [0, 0.05) is 18.7 Å². The van der Waals surface area contributed by atoms with Gasteiger partial charge in [-0.05, 0) is 54.4 Å². The summed E-state index contributed by atoms with van der Waals surface area (Å²) in [6.45, 7) is -0.153. The summed E-state index contributed by atoms with van der Waals surface area (Å²) in [5, 5.41) is 4.82. The highest BCUT2D eigenvalue weighted by Crippen LogP contribution is 2.32. The summed E-state index contributed by atoms with van der Waals surface area (Å²) in [6.07, 6.45) is -2.06. The van der Waals surface area contributed by atoms with Crippen LogP contribution in [0.1, 0.15) is 34.3 Å². The summed E-state index contributed by atoms with van der Waals surface area (Å²) in [5.74, 6) is -1.64. The van der Waals surface area contributed by atoms with Crippen LogP contribution in [0.3, 0.4) is 0 Å². The minimum atomic E-state index is -4.62. The quantitative estimate of drug-likeness (QED) is 0.254. The Hall–Kier alpha value is -4.47. The Labute approximate surface area is 210 Å². The monoisotopic (exact) mass is 509 g/mol. The van der Waals surface area contributed by atoms with Crippen LogP contribution in [0.25, 0.3) is 0 Å². The molecular formula is C27H22F3N3O4. The second-order valence-corrected chi connectivity index (χ2v) is 8.18. The van der Waals surface area contributed by atoms with Crippen LogP contribution in [-0.2, 0) is 20.5 Å². The van der Waals surface area contributed by atoms with Gasteiger partial charge < -0.3 is 9.64 Å². The Morgan fingerprint density at radius 2 is 1.73 bits per heavy atom. The molecule has 0 bridgehead atoms. The van der Waals surface area contributed by atoms with Crippen LogP contribution in [0.4, 0.5) is 24.5 Å². The maximum atomic E-state index is 13.2. The number of carbonyl (C=O) groups excluding carboxylic acids is 3. The third kappa shape index (κ3) is 6.40. The summed E-state index contributed by atoms with van der Waals surface area (Å²) < 4.78 is 44.8. The lowest BCUT2D eigenvalue weighted by Gasteiger charge is -2.19. The van der Waals surface area contributed by atoms with Gasteiger partial charge >= 0.3 is 12.1 Å². The zero-order valence-electron chi connectivity index (χ0n) is 19.5. The van der Waals surface area contributed by atoms with Gasteiger partial charge in [-0.15, -0.1) is 0 Å². The highest BCUT2D eigenvalue weighted by atomic mass is 19.4. The van der Waals surface area contributed by atoms with E-state index >= 15 is 0 Å². The van der Waals surface area contributed by atoms with E-state index in [1.165, 1.54) is 24.4 Å². The van der Waals surface area contributed by atoms with E-state index in [0.29, 0.717) is 24.2 Å². The molecule has 0 radical (unpaired) electrons. The standard InChI is InChI=1S/C27H22F3N3O4/c28-27(29,30)21-8-4-9-23(16-21)33(31-17-19-6-2-1-3-7-19)25(35)18-37-26(36)20-11-13-22(14-12-20)32-15-5-10-24(32)34/h1-4,6-9,11-14,16-17H,5,10,15,18H2/b31-17-. The Morgan fingerprint density at radius 3 is 2.38 bits per heavy atom. The van der Waals surface area contributed by atoms with Crippen molar-refractivity contribution in [3.05, 3.63) is 95.6 Å². The van der Waals surface area contributed by atoms with Crippen LogP contribution in [-0.4, -0.2) is 37.1 Å². The Bertz CT molecular complexity index is 1310. The molecule has 2 amide bonds. The average Bonchev–Trinajstić information content (AvgIpc) is 3.33. The average molecular weight is 509 g/mol. The number of hydrazone groups is 1. The lowest BCUT2D eigenvalue weighted by atomic mass is 10.2. The Kier molecular flexibility index (Phi) is 7.66. The molecule has 190 valence electrons. The van der Waals surface area contributed by atoms with Gasteiger partial charge in [0.25, 0.3) is 5.91 Å². The highest BCUT2D eigenvalue weighted by molar-refractivity contribution is 5.99. The molecule has 4 rings (SSSR count). The van der Waals surface area contributed by atoms with Crippen LogP contribution in [0.5, 0.6) is 0 Å². The van der Waals surface area contributed by atoms with E-state index in [1.54, 1.807) is 47.4 Å². The molecule has 1 heterocycles. The number of carbonyl (C=O) groups is 3. The summed E-state index contributed by atoms with van der Waals surface area (Å²) in [5.41, 5.74) is 0.331. The van der Waals surface area contributed by atoms with Crippen molar-refractivity contribution in [2.24, 2.45) is 5.10 Å². The summed E-state index contributed by atoms with van der Waals surface area (Å²) in [6, 6.07) is 19.0. The van der Waals surface area contributed by atoms with E-state index in [9.17, 15) is 27.6 Å². The molecule has 3 aromatic rings. The zero-order chi connectivity index (χ0) is 26.4. The van der Waals surface area contributed by atoms with Gasteiger partial charge in [0.05, 0.1) is 23.0 Å². The first-order valence-electron chi connectivity index (χ1n) is 11.4. The number of hydrogen-bond donors (Lipinski definition) is 0. The normalized spacial score (nSPS) is 13.7. The predicted octanol–water partition coefficient (Wildman–Crippen LogP) is 5.06. The van der Waals surface area contributed by atoms with Crippen LogP contribution in [0, 0.1) is 0 Å². The second kappa shape index (κ2) is 11.1. The fourth-order valence-corrected chi connectivity index (χ4v) is 3.72. The molecule has 0 aliphatic carbocycles. The molecule has 0 saturated carbocycles. The van der Waals surface area contributed by atoms with Crippen molar-refractivity contribution in [2.75, 3.05) is 23.1 Å². The van der Waals surface area contributed by atoms with Gasteiger partial charge in [-0.2, -0.15) is 23.3 Å². The van der Waals surface area contributed by atoms with Crippen molar-refractivity contribution in [1.29, 1.82) is 0 Å². The number of halogens is 3. The second-order valence-electron chi connectivity index (χ2n) is 8.18. The number of rotatable bonds is 7. The highest BCUT2D eigenvalue weighted by Gasteiger charge is 2.31. The van der Waals surface area contributed by atoms with Crippen molar-refractivity contribution in [1.82, 2.24) is 0 Å². The van der Waals surface area contributed by atoms with Gasteiger partial charge in [0.1, 0.15) is 0 Å². The van der Waals surface area contributed by atoms with Gasteiger partial charge in [-0.25, -0.2) is 4.79 Å². The molecule has 1 fully saturated rings. The molecule has 0 unspecified atom stereocenters. The molecule has 0 aromatic heterocycles. The smallest absolute Gasteiger partial charge is 0.416 e. The van der Waals surface area contributed by atoms with Crippen molar-refractivity contribution >= 4 is 35.4 Å². The molecule has 1 saturated heterocycles. The topological polar surface area (TPSA) is 79.3 Å². The van der Waals surface area contributed by atoms with E-state index in [4.69, 9.17) is 4.74 Å². The maximum absolute atomic E-state index is 13.2. The molecule has 0 atom stereocenters. The van der Waals surface area contributed by atoms with Crippen LogP contribution in [0.15, 0.2) is 84.0 Å². The molecule has 1 aliphatic rings. The van der Waals surface area contributed by atoms with Gasteiger partial charge in [0.2, 0.25) is 5.91 Å². The number of benzene rings is 3. The molecule has 1 aliphatic heterocycles. The van der Waals surface area contributed by atoms with Crippen molar-refractivity contribution in [3.8, 4) is 0 Å². The number of hydrogen-bond acceptors (Lipinski definition) is 5. The SMILES string of the molecule is O=C(OCC(=O)N(/N=C\c1ccccc1)c1cccc(C(F)(F)F)c1)c1ccc(N2CCCC2=O)cc1. The molecule has 0 spiro atoms. The van der Waals surface area contributed by atoms with Gasteiger partial charge in [0.15, 0.2) is 6.61 Å². The first kappa shape index (κ1) is 25.6. The van der Waals surface area contributed by atoms with Gasteiger partial charge in [-0.1, -0.05) is 36.4 Å². The minimum Gasteiger partial charge on any atom is -0.452 e. The van der Waals surface area contributed by atoms with E-state index in [0.717, 1.165) is 29.6 Å². The van der Waals surface area contributed by atoms with E-state index in [1.807, 2.05) is 0 Å². The molecule has 10 heteroatoms. The number of amides is 2. The Balaban J connectivity index is 1.49. The minimum absolute atomic E-state index is 0.00617. The lowest BCUT2D eigenvalue weighted by molar-refractivity contribution is -0.137. The fourth-order valence-electron chi connectivity index (χ4n) is 3.72. The van der Waals surface area contributed by atoms with Gasteiger partial charge in [-0.3, -0.25) is 9.59 Å². The molecular weight excluding hydrogens is 487 g/mol. The van der Waals surface area contributed by atoms with E-state index < -0.39 is 30.2 Å². The summed E-state index contributed by atoms with van der Waals surface area (Å²) in [7, 11) is 0. The lowest BCUT2D eigenvalue weighted by Crippen LogP contribution is -2.31. The summed E-state index contributed by atoms with van der Waals surface area (Å²) >= 11 is 0. The zero-order valence-corrected chi connectivity index (χ0v) is 19.5. The first-order valence-corrected chi connectivity index (χ1v) is 11.4. The maximum Gasteiger partial charge on any atom is 0.416 e. The molecule has 3 aromatic carbocycles. The molecule has 0 N–H and O–H groups in total. The largest absolute Gasteiger partial charge is 0.452 e.